The second-order valence-electron chi connectivity index (χ2n) is 5.46. The largest absolute Gasteiger partial charge is 0.484 e. The van der Waals surface area contributed by atoms with Gasteiger partial charge in [0.15, 0.2) is 12.6 Å². The molecular weight excluding hydrogens is 320 g/mol. The number of fused-ring (bicyclic) bond motifs is 2. The number of H-pyrrole nitrogens is 1. The van der Waals surface area contributed by atoms with Gasteiger partial charge in [-0.15, -0.1) is 5.10 Å². The highest BCUT2D eigenvalue weighted by molar-refractivity contribution is 6.32. The summed E-state index contributed by atoms with van der Waals surface area (Å²) in [5.41, 5.74) is 3.67. The van der Waals surface area contributed by atoms with Gasteiger partial charge in [-0.05, 0) is 46.9 Å². The number of nitrogens with one attached hydrogen (secondary N) is 1. The Kier molecular flexibility index (Phi) is 3.88. The van der Waals surface area contributed by atoms with E-state index in [1.54, 1.807) is 6.07 Å². The average Bonchev–Trinajstić information content (AvgIpc) is 3.20. The van der Waals surface area contributed by atoms with Gasteiger partial charge >= 0.3 is 0 Å². The molecular formula is C15H15ClN4O3. The van der Waals surface area contributed by atoms with Crippen LogP contribution in [0, 0.1) is 0 Å². The Hall–Kier alpha value is -2.12. The maximum atomic E-state index is 6.39. The van der Waals surface area contributed by atoms with Crippen LogP contribution in [0.15, 0.2) is 17.7 Å². The van der Waals surface area contributed by atoms with Crippen LogP contribution >= 0.6 is 11.6 Å². The molecule has 0 saturated carbocycles. The third kappa shape index (κ3) is 2.89. The molecule has 23 heavy (non-hydrogen) atoms. The SMILES string of the molecule is Clc1cc2c(cc1OCc1nnn[nH]1)OCOCC1=C2CCC1. The summed E-state index contributed by atoms with van der Waals surface area (Å²) in [7, 11) is 0. The second kappa shape index (κ2) is 6.17. The van der Waals surface area contributed by atoms with E-state index in [0.29, 0.717) is 23.2 Å². The topological polar surface area (TPSA) is 82.2 Å². The molecule has 0 bridgehead atoms. The number of nitrogens with zero attached hydrogens (tertiary/aromatic N) is 3. The van der Waals surface area contributed by atoms with E-state index in [2.05, 4.69) is 20.6 Å². The lowest BCUT2D eigenvalue weighted by atomic mass is 10.0. The third-order valence-corrected chi connectivity index (χ3v) is 4.31. The zero-order chi connectivity index (χ0) is 15.6. The first-order chi connectivity index (χ1) is 11.3. The predicted octanol–water partition coefficient (Wildman–Crippen LogP) is 2.74. The van der Waals surface area contributed by atoms with E-state index in [0.717, 1.165) is 30.6 Å². The fourth-order valence-corrected chi connectivity index (χ4v) is 3.17. The number of ether oxygens (including phenoxy) is 3. The minimum Gasteiger partial charge on any atom is -0.484 e. The van der Waals surface area contributed by atoms with Gasteiger partial charge in [-0.1, -0.05) is 11.6 Å². The Morgan fingerprint density at radius 3 is 3.13 bits per heavy atom. The Labute approximate surface area is 137 Å². The van der Waals surface area contributed by atoms with Crippen LogP contribution in [0.2, 0.25) is 5.02 Å². The second-order valence-corrected chi connectivity index (χ2v) is 5.87. The summed E-state index contributed by atoms with van der Waals surface area (Å²) < 4.78 is 17.0. The number of aromatic nitrogens is 4. The summed E-state index contributed by atoms with van der Waals surface area (Å²) in [6.45, 7) is 1.05. The zero-order valence-electron chi connectivity index (χ0n) is 12.3. The van der Waals surface area contributed by atoms with Crippen LogP contribution in [-0.2, 0) is 11.3 Å². The van der Waals surface area contributed by atoms with Crippen LogP contribution in [-0.4, -0.2) is 34.0 Å². The Morgan fingerprint density at radius 2 is 2.26 bits per heavy atom. The van der Waals surface area contributed by atoms with E-state index < -0.39 is 0 Å². The lowest BCUT2D eigenvalue weighted by Gasteiger charge is -2.19. The van der Waals surface area contributed by atoms with Gasteiger partial charge in [-0.3, -0.25) is 0 Å². The summed E-state index contributed by atoms with van der Waals surface area (Å²) in [5, 5.41) is 14.0. The van der Waals surface area contributed by atoms with Gasteiger partial charge in [0.05, 0.1) is 11.6 Å². The molecule has 0 atom stereocenters. The van der Waals surface area contributed by atoms with E-state index in [1.165, 1.54) is 11.1 Å². The van der Waals surface area contributed by atoms with E-state index in [4.69, 9.17) is 25.8 Å². The van der Waals surface area contributed by atoms with Crippen molar-refractivity contribution in [2.24, 2.45) is 0 Å². The van der Waals surface area contributed by atoms with E-state index in [-0.39, 0.29) is 13.4 Å². The molecule has 0 fully saturated rings. The Bertz CT molecular complexity index is 745. The molecule has 1 aliphatic carbocycles. The van der Waals surface area contributed by atoms with E-state index in [9.17, 15) is 0 Å². The number of benzene rings is 1. The third-order valence-electron chi connectivity index (χ3n) is 4.02. The summed E-state index contributed by atoms with van der Waals surface area (Å²) in [5.74, 6) is 1.79. The number of rotatable bonds is 3. The quantitative estimate of drug-likeness (QED) is 0.929. The van der Waals surface area contributed by atoms with Crippen molar-refractivity contribution >= 4 is 17.2 Å². The average molecular weight is 335 g/mol. The van der Waals surface area contributed by atoms with Crippen LogP contribution in [0.25, 0.3) is 5.57 Å². The normalized spacial score (nSPS) is 17.1. The molecule has 0 unspecified atom stereocenters. The molecule has 4 rings (SSSR count). The predicted molar refractivity (Wildman–Crippen MR) is 82.2 cm³/mol. The van der Waals surface area contributed by atoms with Crippen LogP contribution < -0.4 is 9.47 Å². The minimum absolute atomic E-state index is 0.204. The van der Waals surface area contributed by atoms with Gasteiger partial charge in [0.1, 0.15) is 18.1 Å². The molecule has 0 saturated heterocycles. The van der Waals surface area contributed by atoms with Gasteiger partial charge in [-0.2, -0.15) is 0 Å². The smallest absolute Gasteiger partial charge is 0.189 e. The highest BCUT2D eigenvalue weighted by Gasteiger charge is 2.23. The van der Waals surface area contributed by atoms with E-state index >= 15 is 0 Å². The first kappa shape index (κ1) is 14.5. The van der Waals surface area contributed by atoms with Gasteiger partial charge in [0, 0.05) is 11.6 Å². The number of aromatic amines is 1. The number of allylic oxidation sites excluding steroid dienone is 1. The molecule has 1 aromatic carbocycles. The van der Waals surface area contributed by atoms with Gasteiger partial charge < -0.3 is 14.2 Å². The first-order valence-corrected chi connectivity index (χ1v) is 7.80. The van der Waals surface area contributed by atoms with Crippen molar-refractivity contribution in [1.82, 2.24) is 20.6 Å². The molecule has 0 radical (unpaired) electrons. The Morgan fingerprint density at radius 1 is 1.30 bits per heavy atom. The standard InChI is InChI=1S/C15H15ClN4O3/c16-12-4-11-10-3-1-2-9(10)6-21-8-23-13(11)5-14(12)22-7-15-17-19-20-18-15/h4-5H,1-3,6-8H2,(H,17,18,19,20). The summed E-state index contributed by atoms with van der Waals surface area (Å²) >= 11 is 6.39. The number of halogens is 1. The molecule has 8 heteroatoms. The van der Waals surface area contributed by atoms with Crippen molar-refractivity contribution in [3.63, 3.8) is 0 Å². The van der Waals surface area contributed by atoms with Crippen molar-refractivity contribution in [2.45, 2.75) is 25.9 Å². The number of tetrazole rings is 1. The Balaban J connectivity index is 1.66. The summed E-state index contributed by atoms with van der Waals surface area (Å²) in [4.78, 5) is 0. The lowest BCUT2D eigenvalue weighted by Crippen LogP contribution is -2.10. The molecule has 120 valence electrons. The van der Waals surface area contributed by atoms with Crippen molar-refractivity contribution in [3.8, 4) is 11.5 Å². The summed E-state index contributed by atoms with van der Waals surface area (Å²) in [6.07, 6.45) is 3.24. The maximum Gasteiger partial charge on any atom is 0.189 e. The molecule has 1 aromatic heterocycles. The first-order valence-electron chi connectivity index (χ1n) is 7.42. The van der Waals surface area contributed by atoms with Crippen molar-refractivity contribution in [3.05, 3.63) is 34.1 Å². The highest BCUT2D eigenvalue weighted by atomic mass is 35.5. The van der Waals surface area contributed by atoms with Gasteiger partial charge in [0.25, 0.3) is 0 Å². The van der Waals surface area contributed by atoms with Crippen molar-refractivity contribution in [1.29, 1.82) is 0 Å². The van der Waals surface area contributed by atoms with Crippen LogP contribution in [0.5, 0.6) is 11.5 Å². The minimum atomic E-state index is 0.204. The van der Waals surface area contributed by atoms with Crippen LogP contribution in [0.4, 0.5) is 0 Å². The molecule has 2 aliphatic rings. The molecule has 2 heterocycles. The van der Waals surface area contributed by atoms with Crippen molar-refractivity contribution in [2.75, 3.05) is 13.4 Å². The molecule has 0 amide bonds. The fourth-order valence-electron chi connectivity index (χ4n) is 2.95. The number of hydrogen-bond acceptors (Lipinski definition) is 6. The van der Waals surface area contributed by atoms with Gasteiger partial charge in [0.2, 0.25) is 0 Å². The molecule has 0 spiro atoms. The summed E-state index contributed by atoms with van der Waals surface area (Å²) in [6, 6.07) is 3.72. The van der Waals surface area contributed by atoms with Crippen molar-refractivity contribution < 1.29 is 14.2 Å². The molecule has 1 N–H and O–H groups in total. The lowest BCUT2D eigenvalue weighted by molar-refractivity contribution is 0.0253. The van der Waals surface area contributed by atoms with Gasteiger partial charge in [-0.25, -0.2) is 5.10 Å². The highest BCUT2D eigenvalue weighted by Crippen LogP contribution is 2.43. The monoisotopic (exact) mass is 334 g/mol. The fraction of sp³-hybridized carbons (Fsp3) is 0.400. The number of hydrogen-bond donors (Lipinski definition) is 1. The molecule has 1 aliphatic heterocycles. The maximum absolute atomic E-state index is 6.39. The van der Waals surface area contributed by atoms with E-state index in [1.807, 2.05) is 6.07 Å². The molecule has 2 aromatic rings. The van der Waals surface area contributed by atoms with Crippen LogP contribution in [0.1, 0.15) is 30.7 Å². The van der Waals surface area contributed by atoms with Crippen LogP contribution in [0.3, 0.4) is 0 Å². The zero-order valence-corrected chi connectivity index (χ0v) is 13.1. The molecule has 7 nitrogen and oxygen atoms in total.